The van der Waals surface area contributed by atoms with Gasteiger partial charge in [0, 0.05) is 41.2 Å². The molecule has 0 unspecified atom stereocenters. The zero-order valence-corrected chi connectivity index (χ0v) is 20.8. The van der Waals surface area contributed by atoms with Crippen molar-refractivity contribution in [2.45, 2.75) is 51.0 Å². The number of nitrogens with zero attached hydrogens (tertiary/aromatic N) is 4. The quantitative estimate of drug-likeness (QED) is 0.407. The zero-order valence-electron chi connectivity index (χ0n) is 20.8. The summed E-state index contributed by atoms with van der Waals surface area (Å²) in [5, 5.41) is 1.00. The van der Waals surface area contributed by atoms with Gasteiger partial charge < -0.3 is 15.2 Å². The van der Waals surface area contributed by atoms with Crippen molar-refractivity contribution >= 4 is 16.7 Å². The Labute approximate surface area is 210 Å². The van der Waals surface area contributed by atoms with Gasteiger partial charge in [-0.1, -0.05) is 19.9 Å². The minimum Gasteiger partial charge on any atom is -0.495 e. The number of hydrogen-bond donors (Lipinski definition) is 1. The van der Waals surface area contributed by atoms with Gasteiger partial charge in [-0.15, -0.1) is 0 Å². The molecule has 2 N–H and O–H groups in total. The Morgan fingerprint density at radius 1 is 1.03 bits per heavy atom. The van der Waals surface area contributed by atoms with Crippen LogP contribution in [0.25, 0.3) is 10.9 Å². The van der Waals surface area contributed by atoms with E-state index in [0.29, 0.717) is 18.2 Å². The Bertz CT molecular complexity index is 1510. The summed E-state index contributed by atoms with van der Waals surface area (Å²) in [4.78, 5) is 19.1. The van der Waals surface area contributed by atoms with Crippen molar-refractivity contribution < 1.29 is 9.47 Å². The van der Waals surface area contributed by atoms with Gasteiger partial charge in [-0.2, -0.15) is 0 Å². The van der Waals surface area contributed by atoms with E-state index < -0.39 is 5.54 Å². The number of fused-ring (bicyclic) bond motifs is 5. The number of rotatable bonds is 4. The summed E-state index contributed by atoms with van der Waals surface area (Å²) in [7, 11) is 1.65. The van der Waals surface area contributed by atoms with Crippen molar-refractivity contribution in [3.8, 4) is 17.2 Å². The minimum atomic E-state index is -0.578. The number of aromatic nitrogens is 3. The van der Waals surface area contributed by atoms with E-state index in [9.17, 15) is 0 Å². The average molecular weight is 480 g/mol. The summed E-state index contributed by atoms with van der Waals surface area (Å²) in [5.41, 5.74) is 11.8. The summed E-state index contributed by atoms with van der Waals surface area (Å²) in [5.74, 6) is 3.27. The van der Waals surface area contributed by atoms with Gasteiger partial charge >= 0.3 is 0 Å². The monoisotopic (exact) mass is 479 g/mol. The first-order valence-corrected chi connectivity index (χ1v) is 12.4. The number of aliphatic imine (C=N–C) groups is 1. The number of amidine groups is 1. The topological polar surface area (TPSA) is 95.5 Å². The van der Waals surface area contributed by atoms with Gasteiger partial charge in [-0.05, 0) is 54.7 Å². The number of benzene rings is 1. The second-order valence-corrected chi connectivity index (χ2v) is 9.89. The third-order valence-corrected chi connectivity index (χ3v) is 7.20. The molecule has 6 rings (SSSR count). The van der Waals surface area contributed by atoms with Crippen LogP contribution in [0.2, 0.25) is 0 Å². The lowest BCUT2D eigenvalue weighted by atomic mass is 9.75. The molecule has 3 aromatic heterocycles. The molecule has 5 heterocycles. The Kier molecular flexibility index (Phi) is 5.36. The molecule has 0 saturated carbocycles. The molecule has 1 atom stereocenters. The summed E-state index contributed by atoms with van der Waals surface area (Å²) < 4.78 is 11.7. The second-order valence-electron chi connectivity index (χ2n) is 9.89. The van der Waals surface area contributed by atoms with Crippen molar-refractivity contribution in [2.75, 3.05) is 7.11 Å². The van der Waals surface area contributed by atoms with Gasteiger partial charge in [0.2, 0.25) is 0 Å². The fourth-order valence-corrected chi connectivity index (χ4v) is 5.35. The fourth-order valence-electron chi connectivity index (χ4n) is 5.35. The van der Waals surface area contributed by atoms with Crippen molar-refractivity contribution in [2.24, 2.45) is 10.7 Å². The molecule has 0 saturated heterocycles. The Balaban J connectivity index is 1.47. The van der Waals surface area contributed by atoms with Crippen LogP contribution in [0, 0.1) is 0 Å². The first-order valence-electron chi connectivity index (χ1n) is 12.4. The first-order chi connectivity index (χ1) is 17.5. The predicted octanol–water partition coefficient (Wildman–Crippen LogP) is 5.64. The number of ether oxygens (including phenoxy) is 2. The highest BCUT2D eigenvalue weighted by Gasteiger charge is 2.44. The highest BCUT2D eigenvalue weighted by atomic mass is 16.5. The molecule has 0 radical (unpaired) electrons. The van der Waals surface area contributed by atoms with E-state index in [4.69, 9.17) is 20.2 Å². The Hall–Kier alpha value is -4.00. The van der Waals surface area contributed by atoms with Gasteiger partial charge in [-0.3, -0.25) is 19.9 Å². The normalized spacial score (nSPS) is 18.5. The number of methoxy groups -OCH3 is 1. The molecular weight excluding hydrogens is 450 g/mol. The Morgan fingerprint density at radius 3 is 2.69 bits per heavy atom. The third-order valence-electron chi connectivity index (χ3n) is 7.20. The van der Waals surface area contributed by atoms with Crippen molar-refractivity contribution in [1.29, 1.82) is 0 Å². The molecule has 1 aromatic carbocycles. The number of nitrogens with two attached hydrogens (primary N) is 1. The molecule has 7 heteroatoms. The van der Waals surface area contributed by atoms with E-state index in [-0.39, 0.29) is 0 Å². The predicted molar refractivity (Wildman–Crippen MR) is 140 cm³/mol. The van der Waals surface area contributed by atoms with Crippen molar-refractivity contribution in [3.05, 3.63) is 83.1 Å². The van der Waals surface area contributed by atoms with Crippen LogP contribution in [0.15, 0.2) is 60.0 Å². The number of hydrogen-bond acceptors (Lipinski definition) is 7. The largest absolute Gasteiger partial charge is 0.495 e. The highest BCUT2D eigenvalue weighted by molar-refractivity contribution is 5.83. The molecular formula is C29H29N5O2. The molecule has 36 heavy (non-hydrogen) atoms. The second kappa shape index (κ2) is 8.59. The minimum absolute atomic E-state index is 0.300. The number of pyridine rings is 3. The van der Waals surface area contributed by atoms with E-state index in [1.807, 2.05) is 30.6 Å². The van der Waals surface area contributed by atoms with Crippen LogP contribution in [-0.4, -0.2) is 27.9 Å². The molecule has 7 nitrogen and oxygen atoms in total. The van der Waals surface area contributed by atoms with Crippen LogP contribution in [-0.2, 0) is 12.0 Å². The van der Waals surface area contributed by atoms with Crippen LogP contribution < -0.4 is 15.2 Å². The highest BCUT2D eigenvalue weighted by Crippen LogP contribution is 2.53. The lowest BCUT2D eigenvalue weighted by Crippen LogP contribution is -2.36. The maximum Gasteiger partial charge on any atom is 0.151 e. The van der Waals surface area contributed by atoms with E-state index in [2.05, 4.69) is 47.0 Å². The molecule has 0 fully saturated rings. The van der Waals surface area contributed by atoms with Crippen LogP contribution in [0.5, 0.6) is 17.2 Å². The molecule has 1 spiro atoms. The lowest BCUT2D eigenvalue weighted by molar-refractivity contribution is 0.367. The standard InChI is InChI=1S/C29H29N5O2/c1-17(2)23-14-22-26(16-32-23)36-25-7-6-18(11-21(25)29(22)9-4-5-27(30)34-29)12-24-28-19(8-10-31-24)13-20(35-3)15-33-28/h6-8,10-11,13-17H,4-5,9,12H2,1-3H3,(H2,30,34)/t29-/m0/s1. The van der Waals surface area contributed by atoms with Crippen LogP contribution in [0.3, 0.4) is 0 Å². The molecule has 0 bridgehead atoms. The van der Waals surface area contributed by atoms with Crippen LogP contribution in [0.1, 0.15) is 67.1 Å². The fraction of sp³-hybridized carbons (Fsp3) is 0.310. The molecule has 0 amide bonds. The molecule has 4 aromatic rings. The third kappa shape index (κ3) is 3.66. The van der Waals surface area contributed by atoms with Crippen LogP contribution >= 0.6 is 0 Å². The van der Waals surface area contributed by atoms with E-state index in [1.165, 1.54) is 0 Å². The zero-order chi connectivity index (χ0) is 24.9. The molecule has 2 aliphatic rings. The van der Waals surface area contributed by atoms with Crippen LogP contribution in [0.4, 0.5) is 0 Å². The van der Waals surface area contributed by atoms with E-state index >= 15 is 0 Å². The lowest BCUT2D eigenvalue weighted by Gasteiger charge is -2.40. The molecule has 182 valence electrons. The summed E-state index contributed by atoms with van der Waals surface area (Å²) in [6.07, 6.45) is 8.68. The van der Waals surface area contributed by atoms with Gasteiger partial charge in [0.15, 0.2) is 5.75 Å². The maximum atomic E-state index is 6.36. The summed E-state index contributed by atoms with van der Waals surface area (Å²) in [6.45, 7) is 4.30. The van der Waals surface area contributed by atoms with Gasteiger partial charge in [0.1, 0.15) is 17.0 Å². The van der Waals surface area contributed by atoms with Crippen molar-refractivity contribution in [1.82, 2.24) is 15.0 Å². The van der Waals surface area contributed by atoms with Gasteiger partial charge in [-0.25, -0.2) is 0 Å². The maximum absolute atomic E-state index is 6.36. The average Bonchev–Trinajstić information content (AvgIpc) is 2.89. The Morgan fingerprint density at radius 2 is 1.89 bits per heavy atom. The molecule has 2 aliphatic heterocycles. The van der Waals surface area contributed by atoms with Crippen molar-refractivity contribution in [3.63, 3.8) is 0 Å². The summed E-state index contributed by atoms with van der Waals surface area (Å²) in [6, 6.07) is 12.4. The smallest absolute Gasteiger partial charge is 0.151 e. The summed E-state index contributed by atoms with van der Waals surface area (Å²) >= 11 is 0. The first kappa shape index (κ1) is 22.5. The van der Waals surface area contributed by atoms with E-state index in [0.717, 1.165) is 75.5 Å². The molecule has 0 aliphatic carbocycles. The van der Waals surface area contributed by atoms with Gasteiger partial charge in [0.05, 0.1) is 36.5 Å². The van der Waals surface area contributed by atoms with Gasteiger partial charge in [0.25, 0.3) is 0 Å². The van der Waals surface area contributed by atoms with E-state index in [1.54, 1.807) is 13.3 Å². The SMILES string of the molecule is COc1cnc2c(Cc3ccc4c(c3)[C@@]3(CCCC(N)=N3)c3cc(C(C)C)ncc3O4)nccc2c1.